The van der Waals surface area contributed by atoms with Gasteiger partial charge in [-0.2, -0.15) is 4.98 Å². The van der Waals surface area contributed by atoms with Gasteiger partial charge in [-0.1, -0.05) is 17.3 Å². The van der Waals surface area contributed by atoms with Gasteiger partial charge in [0.05, 0.1) is 30.7 Å². The van der Waals surface area contributed by atoms with E-state index in [9.17, 15) is 4.79 Å². The van der Waals surface area contributed by atoms with Gasteiger partial charge in [-0.15, -0.1) is 0 Å². The highest BCUT2D eigenvalue weighted by Crippen LogP contribution is 2.33. The molecule has 4 heterocycles. The number of amides is 1. The first-order valence-electron chi connectivity index (χ1n) is 12.5. The van der Waals surface area contributed by atoms with Crippen molar-refractivity contribution >= 4 is 22.8 Å². The number of anilines is 1. The largest absolute Gasteiger partial charge is 0.497 e. The number of imidazole rings is 1. The van der Waals surface area contributed by atoms with Gasteiger partial charge >= 0.3 is 0 Å². The van der Waals surface area contributed by atoms with E-state index in [-0.39, 0.29) is 11.9 Å². The number of carbonyl (C=O) groups is 1. The average molecular weight is 510 g/mol. The molecule has 0 radical (unpaired) electrons. The summed E-state index contributed by atoms with van der Waals surface area (Å²) >= 11 is 0. The Labute approximate surface area is 219 Å². The van der Waals surface area contributed by atoms with Gasteiger partial charge in [-0.3, -0.25) is 9.69 Å². The molecule has 5 aromatic rings. The van der Waals surface area contributed by atoms with Crippen molar-refractivity contribution in [2.24, 2.45) is 7.05 Å². The SMILES string of the molecule is COc1ccc(C(=O)Nc2ccc(-c3noc(C4CCCN4Cc4nc5ccccc5n4C)n3)cn2)cc1. The number of likely N-dealkylation sites (tertiary alicyclic amines) is 1. The van der Waals surface area contributed by atoms with Crippen molar-refractivity contribution in [2.75, 3.05) is 19.0 Å². The van der Waals surface area contributed by atoms with Crippen molar-refractivity contribution in [1.82, 2.24) is 29.6 Å². The molecule has 1 aliphatic heterocycles. The van der Waals surface area contributed by atoms with E-state index in [4.69, 9.17) is 14.2 Å². The summed E-state index contributed by atoms with van der Waals surface area (Å²) in [6.07, 6.45) is 3.63. The van der Waals surface area contributed by atoms with Gasteiger partial charge in [0, 0.05) is 24.4 Å². The van der Waals surface area contributed by atoms with Crippen LogP contribution in [-0.4, -0.2) is 49.1 Å². The van der Waals surface area contributed by atoms with E-state index in [0.717, 1.165) is 36.2 Å². The second kappa shape index (κ2) is 10.1. The molecule has 1 atom stereocenters. The Bertz CT molecular complexity index is 1570. The Morgan fingerprint density at radius 2 is 1.95 bits per heavy atom. The van der Waals surface area contributed by atoms with E-state index in [0.29, 0.717) is 41.0 Å². The number of carbonyl (C=O) groups excluding carboxylic acids is 1. The molecule has 0 bridgehead atoms. The number of fused-ring (bicyclic) bond motifs is 1. The molecule has 192 valence electrons. The molecular weight excluding hydrogens is 482 g/mol. The molecule has 0 saturated carbocycles. The highest BCUT2D eigenvalue weighted by atomic mass is 16.5. The molecule has 0 aliphatic carbocycles. The van der Waals surface area contributed by atoms with Crippen molar-refractivity contribution in [2.45, 2.75) is 25.4 Å². The summed E-state index contributed by atoms with van der Waals surface area (Å²) in [7, 11) is 3.64. The van der Waals surface area contributed by atoms with Crippen LogP contribution < -0.4 is 10.1 Å². The number of aryl methyl sites for hydroxylation is 1. The van der Waals surface area contributed by atoms with E-state index < -0.39 is 0 Å². The first kappa shape index (κ1) is 23.8. The summed E-state index contributed by atoms with van der Waals surface area (Å²) in [6, 6.07) is 18.6. The monoisotopic (exact) mass is 509 g/mol. The average Bonchev–Trinajstić information content (AvgIpc) is 3.69. The predicted molar refractivity (Wildman–Crippen MR) is 142 cm³/mol. The first-order chi connectivity index (χ1) is 18.6. The Morgan fingerprint density at radius 1 is 1.11 bits per heavy atom. The van der Waals surface area contributed by atoms with E-state index >= 15 is 0 Å². The summed E-state index contributed by atoms with van der Waals surface area (Å²) in [6.45, 7) is 1.65. The Morgan fingerprint density at radius 3 is 2.71 bits per heavy atom. The van der Waals surface area contributed by atoms with Gasteiger partial charge in [0.2, 0.25) is 11.7 Å². The number of pyridine rings is 1. The molecule has 0 spiro atoms. The lowest BCUT2D eigenvalue weighted by molar-refractivity contribution is 0.102. The molecule has 6 rings (SSSR count). The second-order valence-electron chi connectivity index (χ2n) is 9.28. The lowest BCUT2D eigenvalue weighted by atomic mass is 10.2. The maximum absolute atomic E-state index is 12.5. The molecule has 1 fully saturated rings. The highest BCUT2D eigenvalue weighted by Gasteiger charge is 2.32. The first-order valence-corrected chi connectivity index (χ1v) is 12.5. The smallest absolute Gasteiger partial charge is 0.256 e. The van der Waals surface area contributed by atoms with Crippen LogP contribution in [-0.2, 0) is 13.6 Å². The molecule has 3 aromatic heterocycles. The number of hydrogen-bond donors (Lipinski definition) is 1. The second-order valence-corrected chi connectivity index (χ2v) is 9.28. The van der Waals surface area contributed by atoms with Crippen molar-refractivity contribution in [1.29, 1.82) is 0 Å². The van der Waals surface area contributed by atoms with Crippen LogP contribution in [0.15, 0.2) is 71.4 Å². The fraction of sp³-hybridized carbons (Fsp3) is 0.250. The van der Waals surface area contributed by atoms with Crippen molar-refractivity contribution in [3.8, 4) is 17.1 Å². The number of hydrogen-bond acceptors (Lipinski definition) is 8. The molecule has 10 heteroatoms. The minimum Gasteiger partial charge on any atom is -0.497 e. The Balaban J connectivity index is 1.13. The molecule has 1 saturated heterocycles. The molecule has 1 unspecified atom stereocenters. The highest BCUT2D eigenvalue weighted by molar-refractivity contribution is 6.03. The summed E-state index contributed by atoms with van der Waals surface area (Å²) in [5.74, 6) is 2.94. The minimum absolute atomic E-state index is 0.0343. The van der Waals surface area contributed by atoms with Crippen LogP contribution in [0, 0.1) is 0 Å². The standard InChI is InChI=1S/C28H27N7O3/c1-34-22-7-4-3-6-21(22)30-25(34)17-35-15-5-8-23(35)28-32-26(33-38-28)19-11-14-24(29-16-19)31-27(36)18-9-12-20(37-2)13-10-18/h3-4,6-7,9-14,16,23H,5,8,15,17H2,1-2H3,(H,29,31,36). The van der Waals surface area contributed by atoms with E-state index in [1.54, 1.807) is 43.6 Å². The lowest BCUT2D eigenvalue weighted by Crippen LogP contribution is -2.24. The molecule has 1 amide bonds. The summed E-state index contributed by atoms with van der Waals surface area (Å²) in [5.41, 5.74) is 3.34. The fourth-order valence-electron chi connectivity index (χ4n) is 4.83. The zero-order valence-corrected chi connectivity index (χ0v) is 21.2. The van der Waals surface area contributed by atoms with Crippen LogP contribution >= 0.6 is 0 Å². The van der Waals surface area contributed by atoms with Crippen LogP contribution in [0.3, 0.4) is 0 Å². The molecule has 2 aromatic carbocycles. The van der Waals surface area contributed by atoms with Crippen LogP contribution in [0.1, 0.15) is 41.0 Å². The van der Waals surface area contributed by atoms with Gasteiger partial charge in [0.15, 0.2) is 0 Å². The van der Waals surface area contributed by atoms with Crippen molar-refractivity contribution in [3.05, 3.63) is 84.1 Å². The predicted octanol–water partition coefficient (Wildman–Crippen LogP) is 4.62. The van der Waals surface area contributed by atoms with Crippen LogP contribution in [0.25, 0.3) is 22.4 Å². The topological polar surface area (TPSA) is 111 Å². The third-order valence-electron chi connectivity index (χ3n) is 6.93. The molecule has 38 heavy (non-hydrogen) atoms. The fourth-order valence-corrected chi connectivity index (χ4v) is 4.83. The molecule has 1 aliphatic rings. The number of nitrogens with one attached hydrogen (secondary N) is 1. The molecule has 10 nitrogen and oxygen atoms in total. The molecule has 1 N–H and O–H groups in total. The van der Waals surface area contributed by atoms with Gasteiger partial charge in [-0.25, -0.2) is 9.97 Å². The maximum atomic E-state index is 12.5. The van der Waals surface area contributed by atoms with Gasteiger partial charge in [0.25, 0.3) is 5.91 Å². The normalized spacial score (nSPS) is 15.7. The van der Waals surface area contributed by atoms with Crippen LogP contribution in [0.5, 0.6) is 5.75 Å². The van der Waals surface area contributed by atoms with E-state index in [1.165, 1.54) is 0 Å². The maximum Gasteiger partial charge on any atom is 0.256 e. The van der Waals surface area contributed by atoms with E-state index in [1.807, 2.05) is 24.3 Å². The number of rotatable bonds is 7. The van der Waals surface area contributed by atoms with Crippen LogP contribution in [0.2, 0.25) is 0 Å². The van der Waals surface area contributed by atoms with Gasteiger partial charge in [0.1, 0.15) is 17.4 Å². The third kappa shape index (κ3) is 4.61. The number of ether oxygens (including phenoxy) is 1. The number of methoxy groups -OCH3 is 1. The quantitative estimate of drug-likeness (QED) is 0.338. The van der Waals surface area contributed by atoms with Crippen molar-refractivity contribution < 1.29 is 14.1 Å². The Hall–Kier alpha value is -4.57. The summed E-state index contributed by atoms with van der Waals surface area (Å²) in [5, 5.41) is 7.00. The lowest BCUT2D eigenvalue weighted by Gasteiger charge is -2.20. The zero-order chi connectivity index (χ0) is 26.1. The van der Waals surface area contributed by atoms with Gasteiger partial charge in [-0.05, 0) is 67.9 Å². The summed E-state index contributed by atoms with van der Waals surface area (Å²) in [4.78, 5) is 28.7. The number of para-hydroxylation sites is 2. The molecular formula is C28H27N7O3. The van der Waals surface area contributed by atoms with E-state index in [2.05, 4.69) is 43.0 Å². The number of benzene rings is 2. The third-order valence-corrected chi connectivity index (χ3v) is 6.93. The number of aromatic nitrogens is 5. The summed E-state index contributed by atoms with van der Waals surface area (Å²) < 4.78 is 13.0. The minimum atomic E-state index is -0.253. The zero-order valence-electron chi connectivity index (χ0n) is 21.2. The van der Waals surface area contributed by atoms with Gasteiger partial charge < -0.3 is 19.1 Å². The van der Waals surface area contributed by atoms with Crippen LogP contribution in [0.4, 0.5) is 5.82 Å². The Kier molecular flexibility index (Phi) is 6.30. The number of nitrogens with zero attached hydrogens (tertiary/aromatic N) is 6. The van der Waals surface area contributed by atoms with Crippen molar-refractivity contribution in [3.63, 3.8) is 0 Å².